The third-order valence-electron chi connectivity index (χ3n) is 8.29. The van der Waals surface area contributed by atoms with E-state index in [1.54, 1.807) is 13.0 Å². The highest BCUT2D eigenvalue weighted by molar-refractivity contribution is 5.87. The van der Waals surface area contributed by atoms with E-state index < -0.39 is 0 Å². The average molecular weight is 385 g/mol. The number of carbonyl (C=O) groups excluding carboxylic acids is 2. The van der Waals surface area contributed by atoms with Gasteiger partial charge in [0.15, 0.2) is 0 Å². The molecule has 5 heteroatoms. The van der Waals surface area contributed by atoms with E-state index in [2.05, 4.69) is 5.32 Å². The van der Waals surface area contributed by atoms with Gasteiger partial charge in [-0.1, -0.05) is 0 Å². The second-order valence-corrected chi connectivity index (χ2v) is 9.67. The summed E-state index contributed by atoms with van der Waals surface area (Å²) in [6, 6.07) is 4.43. The van der Waals surface area contributed by atoms with Crippen molar-refractivity contribution in [1.29, 1.82) is 0 Å². The van der Waals surface area contributed by atoms with Gasteiger partial charge >= 0.3 is 0 Å². The quantitative estimate of drug-likeness (QED) is 0.826. The van der Waals surface area contributed by atoms with E-state index in [9.17, 15) is 14.0 Å². The largest absolute Gasteiger partial charge is 0.487 e. The van der Waals surface area contributed by atoms with Crippen molar-refractivity contribution in [3.63, 3.8) is 0 Å². The number of nitrogens with one attached hydrogen (secondary N) is 1. The molecule has 0 radical (unpaired) electrons. The van der Waals surface area contributed by atoms with Gasteiger partial charge in [0.2, 0.25) is 5.91 Å². The maximum atomic E-state index is 13.9. The first-order chi connectivity index (χ1) is 13.4. The smallest absolute Gasteiger partial charge is 0.226 e. The van der Waals surface area contributed by atoms with Crippen molar-refractivity contribution in [3.8, 4) is 5.75 Å². The first-order valence-electron chi connectivity index (χ1n) is 10.7. The van der Waals surface area contributed by atoms with Crippen molar-refractivity contribution >= 4 is 11.7 Å². The highest BCUT2D eigenvalue weighted by Gasteiger charge is 2.55. The van der Waals surface area contributed by atoms with Crippen LogP contribution in [0.3, 0.4) is 0 Å². The molecule has 1 heterocycles. The number of ketones is 1. The van der Waals surface area contributed by atoms with Crippen LogP contribution in [-0.2, 0) is 9.59 Å². The molecule has 6 rings (SSSR count). The zero-order chi connectivity index (χ0) is 19.6. The van der Waals surface area contributed by atoms with Gasteiger partial charge in [-0.05, 0) is 82.9 Å². The van der Waals surface area contributed by atoms with Crippen LogP contribution in [0.4, 0.5) is 4.39 Å². The highest BCUT2D eigenvalue weighted by atomic mass is 19.1. The van der Waals surface area contributed by atoms with Crippen molar-refractivity contribution in [2.24, 2.45) is 10.8 Å². The zero-order valence-corrected chi connectivity index (χ0v) is 16.5. The second-order valence-electron chi connectivity index (χ2n) is 9.67. The van der Waals surface area contributed by atoms with Gasteiger partial charge in [-0.3, -0.25) is 9.59 Å². The molecule has 2 bridgehead atoms. The fourth-order valence-corrected chi connectivity index (χ4v) is 6.01. The van der Waals surface area contributed by atoms with Crippen molar-refractivity contribution < 1.29 is 18.7 Å². The molecular formula is C23H28FNO3. The molecule has 4 aliphatic carbocycles. The first-order valence-corrected chi connectivity index (χ1v) is 10.7. The average Bonchev–Trinajstić information content (AvgIpc) is 2.68. The lowest BCUT2D eigenvalue weighted by Gasteiger charge is -2.52. The van der Waals surface area contributed by atoms with Crippen molar-refractivity contribution in [1.82, 2.24) is 5.32 Å². The highest BCUT2D eigenvalue weighted by Crippen LogP contribution is 2.58. The second kappa shape index (κ2) is 6.04. The number of fused-ring (bicyclic) bond motifs is 4. The van der Waals surface area contributed by atoms with Gasteiger partial charge in [-0.25, -0.2) is 4.39 Å². The van der Waals surface area contributed by atoms with Crippen LogP contribution in [-0.4, -0.2) is 17.3 Å². The summed E-state index contributed by atoms with van der Waals surface area (Å²) in [5.74, 6) is 0.770. The van der Waals surface area contributed by atoms with Crippen molar-refractivity contribution in [2.75, 3.05) is 0 Å². The topological polar surface area (TPSA) is 55.4 Å². The molecule has 1 atom stereocenters. The predicted molar refractivity (Wildman–Crippen MR) is 102 cm³/mol. The summed E-state index contributed by atoms with van der Waals surface area (Å²) in [5.41, 5.74) is -0.00192. The van der Waals surface area contributed by atoms with E-state index >= 15 is 0 Å². The monoisotopic (exact) mass is 385 g/mol. The van der Waals surface area contributed by atoms with Crippen LogP contribution >= 0.6 is 0 Å². The third-order valence-corrected chi connectivity index (χ3v) is 8.29. The van der Waals surface area contributed by atoms with E-state index in [4.69, 9.17) is 4.74 Å². The van der Waals surface area contributed by atoms with Gasteiger partial charge in [0, 0.05) is 22.8 Å². The Morgan fingerprint density at radius 2 is 1.68 bits per heavy atom. The number of ether oxygens (including phenoxy) is 1. The number of rotatable bonds is 3. The van der Waals surface area contributed by atoms with E-state index in [0.29, 0.717) is 12.2 Å². The van der Waals surface area contributed by atoms with Crippen LogP contribution in [0.1, 0.15) is 82.7 Å². The maximum Gasteiger partial charge on any atom is 0.226 e. The molecule has 4 nitrogen and oxygen atoms in total. The Balaban J connectivity index is 1.38. The molecule has 150 valence electrons. The van der Waals surface area contributed by atoms with Crippen molar-refractivity contribution in [3.05, 3.63) is 29.6 Å². The Hall–Kier alpha value is -1.91. The summed E-state index contributed by atoms with van der Waals surface area (Å²) in [7, 11) is 0. The Kier molecular flexibility index (Phi) is 3.91. The first kappa shape index (κ1) is 18.1. The minimum absolute atomic E-state index is 0.0842. The Labute approximate surface area is 165 Å². The minimum atomic E-state index is -0.365. The summed E-state index contributed by atoms with van der Waals surface area (Å²) in [4.78, 5) is 25.5. The third kappa shape index (κ3) is 2.61. The SMILES string of the molecule is CC(=O)C12CCC(C(=O)N[C@H]3CC4(CCC4)Oc4ccc(F)cc43)(CC1)CC2. The van der Waals surface area contributed by atoms with Gasteiger partial charge in [0.25, 0.3) is 0 Å². The fraction of sp³-hybridized carbons (Fsp3) is 0.652. The molecule has 1 aliphatic heterocycles. The number of hydrogen-bond donors (Lipinski definition) is 1. The molecule has 0 aromatic heterocycles. The molecule has 1 amide bonds. The molecule has 1 spiro atoms. The Bertz CT molecular complexity index is 820. The van der Waals surface area contributed by atoms with Crippen LogP contribution in [0, 0.1) is 16.6 Å². The molecule has 1 aromatic rings. The maximum absolute atomic E-state index is 13.9. The van der Waals surface area contributed by atoms with Crippen LogP contribution in [0.15, 0.2) is 18.2 Å². The van der Waals surface area contributed by atoms with Crippen LogP contribution in [0.5, 0.6) is 5.75 Å². The number of Topliss-reactive ketones (excluding diaryl/α,β-unsaturated/α-hetero) is 1. The predicted octanol–water partition coefficient (Wildman–Crippen LogP) is 4.62. The lowest BCUT2D eigenvalue weighted by molar-refractivity contribution is -0.149. The number of amides is 1. The van der Waals surface area contributed by atoms with Crippen LogP contribution in [0.2, 0.25) is 0 Å². The van der Waals surface area contributed by atoms with E-state index in [1.165, 1.54) is 12.1 Å². The number of hydrogen-bond acceptors (Lipinski definition) is 3. The van der Waals surface area contributed by atoms with Crippen LogP contribution in [0.25, 0.3) is 0 Å². The zero-order valence-electron chi connectivity index (χ0n) is 16.5. The summed E-state index contributed by atoms with van der Waals surface area (Å²) in [5, 5.41) is 3.28. The number of halogens is 1. The minimum Gasteiger partial charge on any atom is -0.487 e. The van der Waals surface area contributed by atoms with Gasteiger partial charge < -0.3 is 10.1 Å². The fourth-order valence-electron chi connectivity index (χ4n) is 6.01. The standard InChI is InChI=1S/C23H28FNO3/c1-15(26)21-7-10-22(11-8-21,12-9-21)20(27)25-18-14-23(5-2-6-23)28-19-4-3-16(24)13-17(18)19/h3-4,13,18H,2,5-12,14H2,1H3,(H,25,27)/t18-,21?,22?/m0/s1. The lowest BCUT2D eigenvalue weighted by Crippen LogP contribution is -2.55. The molecule has 0 saturated heterocycles. The molecule has 1 N–H and O–H groups in total. The van der Waals surface area contributed by atoms with Gasteiger partial charge in [0.1, 0.15) is 23.0 Å². The van der Waals surface area contributed by atoms with E-state index in [1.807, 2.05) is 0 Å². The van der Waals surface area contributed by atoms with E-state index in [0.717, 1.165) is 63.4 Å². The van der Waals surface area contributed by atoms with Crippen molar-refractivity contribution in [2.45, 2.75) is 82.8 Å². The summed E-state index contributed by atoms with van der Waals surface area (Å²) < 4.78 is 20.1. The van der Waals surface area contributed by atoms with Gasteiger partial charge in [0.05, 0.1) is 6.04 Å². The molecule has 0 unspecified atom stereocenters. The molecule has 5 aliphatic rings. The van der Waals surface area contributed by atoms with E-state index in [-0.39, 0.29) is 40.0 Å². The van der Waals surface area contributed by atoms with Gasteiger partial charge in [-0.15, -0.1) is 0 Å². The molecule has 4 fully saturated rings. The number of carbonyl (C=O) groups is 2. The summed E-state index contributed by atoms with van der Waals surface area (Å²) >= 11 is 0. The Morgan fingerprint density at radius 3 is 2.25 bits per heavy atom. The summed E-state index contributed by atoms with van der Waals surface area (Å²) in [6.07, 6.45) is 8.62. The Morgan fingerprint density at radius 1 is 1.04 bits per heavy atom. The molecular weight excluding hydrogens is 357 g/mol. The molecule has 1 aromatic carbocycles. The lowest BCUT2D eigenvalue weighted by atomic mass is 9.52. The number of benzene rings is 1. The molecule has 28 heavy (non-hydrogen) atoms. The van der Waals surface area contributed by atoms with Gasteiger partial charge in [-0.2, -0.15) is 0 Å². The summed E-state index contributed by atoms with van der Waals surface area (Å²) in [6.45, 7) is 1.70. The normalized spacial score (nSPS) is 34.9. The van der Waals surface area contributed by atoms with Crippen LogP contribution < -0.4 is 10.1 Å². The molecule has 4 saturated carbocycles.